The van der Waals surface area contributed by atoms with E-state index < -0.39 is 5.91 Å². The molecule has 1 aromatic carbocycles. The summed E-state index contributed by atoms with van der Waals surface area (Å²) < 4.78 is 17.4. The molecule has 1 aliphatic heterocycles. The van der Waals surface area contributed by atoms with Crippen molar-refractivity contribution in [2.45, 2.75) is 19.5 Å². The fraction of sp³-hybridized carbons (Fsp3) is 0.389. The minimum absolute atomic E-state index is 0.145. The van der Waals surface area contributed by atoms with Crippen molar-refractivity contribution in [3.8, 4) is 11.5 Å². The molecular weight excluding hydrogens is 374 g/mol. The second-order valence-corrected chi connectivity index (χ2v) is 6.32. The number of rotatable bonds is 6. The van der Waals surface area contributed by atoms with Crippen LogP contribution in [0.25, 0.3) is 0 Å². The summed E-state index contributed by atoms with van der Waals surface area (Å²) in [5, 5.41) is 7.26. The number of amides is 1. The predicted molar refractivity (Wildman–Crippen MR) is 98.6 cm³/mol. The third-order valence-corrected chi connectivity index (χ3v) is 4.20. The molecule has 1 N–H and O–H groups in total. The largest absolute Gasteiger partial charge is 0.489 e. The van der Waals surface area contributed by atoms with E-state index in [9.17, 15) is 9.59 Å². The lowest BCUT2D eigenvalue weighted by molar-refractivity contribution is 0.0942. The first-order valence-corrected chi connectivity index (χ1v) is 8.89. The SMILES string of the molecule is COCCn1nc(C(=O)NCc2cc(Cl)c3c(c2)OCCCO3)ccc1=O. The van der Waals surface area contributed by atoms with Crippen LogP contribution in [0.4, 0.5) is 0 Å². The maximum atomic E-state index is 12.4. The third kappa shape index (κ3) is 4.78. The van der Waals surface area contributed by atoms with Crippen LogP contribution in [0.1, 0.15) is 22.5 Å². The van der Waals surface area contributed by atoms with Gasteiger partial charge in [0, 0.05) is 26.1 Å². The molecule has 8 nitrogen and oxygen atoms in total. The van der Waals surface area contributed by atoms with Gasteiger partial charge in [0.2, 0.25) is 0 Å². The number of benzene rings is 1. The second-order valence-electron chi connectivity index (χ2n) is 5.91. The standard InChI is InChI=1S/C18H20ClN3O5/c1-25-8-5-22-16(23)4-3-14(21-22)18(24)20-11-12-9-13(19)17-15(10-12)26-6-2-7-27-17/h3-4,9-10H,2,5-8,11H2,1H3,(H,20,24). The van der Waals surface area contributed by atoms with E-state index >= 15 is 0 Å². The van der Waals surface area contributed by atoms with Gasteiger partial charge in [0.05, 0.1) is 31.4 Å². The number of carbonyl (C=O) groups is 1. The fourth-order valence-corrected chi connectivity index (χ4v) is 2.85. The summed E-state index contributed by atoms with van der Waals surface area (Å²) in [4.78, 5) is 24.1. The summed E-state index contributed by atoms with van der Waals surface area (Å²) >= 11 is 6.26. The lowest BCUT2D eigenvalue weighted by Gasteiger charge is -2.12. The number of aromatic nitrogens is 2. The molecule has 1 aromatic heterocycles. The van der Waals surface area contributed by atoms with Crippen LogP contribution in [-0.2, 0) is 17.8 Å². The van der Waals surface area contributed by atoms with Crippen molar-refractivity contribution in [1.29, 1.82) is 0 Å². The van der Waals surface area contributed by atoms with E-state index in [0.29, 0.717) is 36.3 Å². The number of halogens is 1. The predicted octanol–water partition coefficient (Wildman–Crippen LogP) is 1.63. The van der Waals surface area contributed by atoms with E-state index in [-0.39, 0.29) is 24.3 Å². The summed E-state index contributed by atoms with van der Waals surface area (Å²) in [6.07, 6.45) is 0.779. The molecule has 144 valence electrons. The van der Waals surface area contributed by atoms with Crippen molar-refractivity contribution in [2.75, 3.05) is 26.9 Å². The Balaban J connectivity index is 1.70. The molecular formula is C18H20ClN3O5. The van der Waals surface area contributed by atoms with Gasteiger partial charge in [-0.3, -0.25) is 9.59 Å². The molecule has 0 bridgehead atoms. The molecule has 0 radical (unpaired) electrons. The highest BCUT2D eigenvalue weighted by Crippen LogP contribution is 2.37. The van der Waals surface area contributed by atoms with E-state index in [4.69, 9.17) is 25.8 Å². The summed E-state index contributed by atoms with van der Waals surface area (Å²) in [6.45, 7) is 1.93. The van der Waals surface area contributed by atoms with Gasteiger partial charge in [0.25, 0.3) is 11.5 Å². The Morgan fingerprint density at radius 1 is 1.33 bits per heavy atom. The van der Waals surface area contributed by atoms with E-state index in [2.05, 4.69) is 10.4 Å². The zero-order valence-corrected chi connectivity index (χ0v) is 15.6. The number of hydrogen-bond acceptors (Lipinski definition) is 6. The number of nitrogens with one attached hydrogen (secondary N) is 1. The van der Waals surface area contributed by atoms with Crippen molar-refractivity contribution in [3.05, 3.63) is 50.9 Å². The van der Waals surface area contributed by atoms with Gasteiger partial charge in [-0.25, -0.2) is 4.68 Å². The Hall–Kier alpha value is -2.58. The molecule has 0 aliphatic carbocycles. The minimum Gasteiger partial charge on any atom is -0.489 e. The quantitative estimate of drug-likeness (QED) is 0.802. The Morgan fingerprint density at radius 2 is 2.15 bits per heavy atom. The summed E-state index contributed by atoms with van der Waals surface area (Å²) in [6, 6.07) is 6.21. The van der Waals surface area contributed by atoms with Crippen molar-refractivity contribution in [1.82, 2.24) is 15.1 Å². The molecule has 0 atom stereocenters. The molecule has 1 amide bonds. The second kappa shape index (κ2) is 8.88. The first kappa shape index (κ1) is 19.2. The van der Waals surface area contributed by atoms with Crippen molar-refractivity contribution >= 4 is 17.5 Å². The number of hydrogen-bond donors (Lipinski definition) is 1. The summed E-state index contributed by atoms with van der Waals surface area (Å²) in [5.74, 6) is 0.691. The summed E-state index contributed by atoms with van der Waals surface area (Å²) in [7, 11) is 1.53. The molecule has 0 spiro atoms. The van der Waals surface area contributed by atoms with Gasteiger partial charge in [-0.05, 0) is 23.8 Å². The van der Waals surface area contributed by atoms with Crippen LogP contribution in [0.5, 0.6) is 11.5 Å². The normalized spacial score (nSPS) is 13.1. The maximum Gasteiger partial charge on any atom is 0.271 e. The molecule has 2 aromatic rings. The number of nitrogens with zero attached hydrogens (tertiary/aromatic N) is 2. The average Bonchev–Trinajstić information content (AvgIpc) is 2.91. The van der Waals surface area contributed by atoms with Crippen LogP contribution < -0.4 is 20.3 Å². The minimum atomic E-state index is -0.399. The Kier molecular flexibility index (Phi) is 6.31. The topological polar surface area (TPSA) is 91.7 Å². The molecule has 0 unspecified atom stereocenters. The van der Waals surface area contributed by atoms with Crippen molar-refractivity contribution < 1.29 is 19.0 Å². The molecule has 3 rings (SSSR count). The van der Waals surface area contributed by atoms with Gasteiger partial charge < -0.3 is 19.5 Å². The van der Waals surface area contributed by atoms with Crippen molar-refractivity contribution in [3.63, 3.8) is 0 Å². The fourth-order valence-electron chi connectivity index (χ4n) is 2.57. The van der Waals surface area contributed by atoms with Crippen LogP contribution in [0, 0.1) is 0 Å². The van der Waals surface area contributed by atoms with Crippen LogP contribution in [-0.4, -0.2) is 42.6 Å². The van der Waals surface area contributed by atoms with Gasteiger partial charge in [-0.15, -0.1) is 0 Å². The molecule has 27 heavy (non-hydrogen) atoms. The lowest BCUT2D eigenvalue weighted by Crippen LogP contribution is -2.30. The zero-order valence-electron chi connectivity index (χ0n) is 14.9. The molecule has 0 saturated heterocycles. The zero-order chi connectivity index (χ0) is 19.2. The molecule has 0 fully saturated rings. The van der Waals surface area contributed by atoms with E-state index in [1.807, 2.05) is 0 Å². The van der Waals surface area contributed by atoms with Gasteiger partial charge in [-0.2, -0.15) is 5.10 Å². The average molecular weight is 394 g/mol. The maximum absolute atomic E-state index is 12.4. The molecule has 1 aliphatic rings. The number of carbonyl (C=O) groups excluding carboxylic acids is 1. The first-order chi connectivity index (χ1) is 13.1. The van der Waals surface area contributed by atoms with Gasteiger partial charge in [0.15, 0.2) is 11.5 Å². The van der Waals surface area contributed by atoms with E-state index in [1.54, 1.807) is 12.1 Å². The monoisotopic (exact) mass is 393 g/mol. The van der Waals surface area contributed by atoms with E-state index in [1.165, 1.54) is 23.9 Å². The lowest BCUT2D eigenvalue weighted by atomic mass is 10.2. The van der Waals surface area contributed by atoms with Crippen LogP contribution in [0.3, 0.4) is 0 Å². The number of ether oxygens (including phenoxy) is 3. The molecule has 2 heterocycles. The van der Waals surface area contributed by atoms with Gasteiger partial charge in [-0.1, -0.05) is 11.6 Å². The van der Waals surface area contributed by atoms with Crippen molar-refractivity contribution in [2.24, 2.45) is 0 Å². The highest BCUT2D eigenvalue weighted by Gasteiger charge is 2.16. The van der Waals surface area contributed by atoms with Crippen LogP contribution in [0.15, 0.2) is 29.1 Å². The highest BCUT2D eigenvalue weighted by atomic mass is 35.5. The number of methoxy groups -OCH3 is 1. The first-order valence-electron chi connectivity index (χ1n) is 8.52. The number of fused-ring (bicyclic) bond motifs is 1. The Labute approximate surface area is 161 Å². The van der Waals surface area contributed by atoms with Gasteiger partial charge >= 0.3 is 0 Å². The molecule has 9 heteroatoms. The summed E-state index contributed by atoms with van der Waals surface area (Å²) in [5.41, 5.74) is 0.620. The van der Waals surface area contributed by atoms with E-state index in [0.717, 1.165) is 12.0 Å². The Morgan fingerprint density at radius 3 is 2.96 bits per heavy atom. The molecule has 0 saturated carbocycles. The van der Waals surface area contributed by atoms with Gasteiger partial charge in [0.1, 0.15) is 5.69 Å². The Bertz CT molecular complexity index is 884. The van der Waals surface area contributed by atoms with Crippen LogP contribution >= 0.6 is 11.6 Å². The smallest absolute Gasteiger partial charge is 0.271 e. The van der Waals surface area contributed by atoms with Crippen LogP contribution in [0.2, 0.25) is 5.02 Å². The highest BCUT2D eigenvalue weighted by molar-refractivity contribution is 6.32. The third-order valence-electron chi connectivity index (χ3n) is 3.92.